The fourth-order valence-electron chi connectivity index (χ4n) is 2.91. The summed E-state index contributed by atoms with van der Waals surface area (Å²) in [7, 11) is 0. The van der Waals surface area contributed by atoms with E-state index in [0.29, 0.717) is 31.4 Å². The van der Waals surface area contributed by atoms with Gasteiger partial charge in [0.05, 0.1) is 12.2 Å². The highest BCUT2D eigenvalue weighted by molar-refractivity contribution is 5.69. The molecule has 0 aromatic heterocycles. The quantitative estimate of drug-likeness (QED) is 0.505. The summed E-state index contributed by atoms with van der Waals surface area (Å²) >= 11 is 0. The second-order valence-electron chi connectivity index (χ2n) is 6.06. The SMILES string of the molecule is CCOC(=O)CCCCc1ccc(C(F)(F)F)c(C2CCC2)c1. The van der Waals surface area contributed by atoms with Crippen LogP contribution in [-0.2, 0) is 22.1 Å². The number of rotatable bonds is 7. The Morgan fingerprint density at radius 1 is 1.26 bits per heavy atom. The predicted molar refractivity (Wildman–Crippen MR) is 82.2 cm³/mol. The van der Waals surface area contributed by atoms with E-state index in [1.54, 1.807) is 19.1 Å². The minimum Gasteiger partial charge on any atom is -0.466 e. The maximum Gasteiger partial charge on any atom is 0.416 e. The van der Waals surface area contributed by atoms with E-state index in [-0.39, 0.29) is 11.9 Å². The van der Waals surface area contributed by atoms with Gasteiger partial charge in [-0.3, -0.25) is 4.79 Å². The van der Waals surface area contributed by atoms with E-state index in [1.807, 2.05) is 0 Å². The van der Waals surface area contributed by atoms with Gasteiger partial charge in [-0.05, 0) is 62.1 Å². The maximum atomic E-state index is 13.1. The van der Waals surface area contributed by atoms with Crippen molar-refractivity contribution in [1.82, 2.24) is 0 Å². The van der Waals surface area contributed by atoms with Crippen LogP contribution in [0.2, 0.25) is 0 Å². The third-order valence-corrected chi connectivity index (χ3v) is 4.37. The highest BCUT2D eigenvalue weighted by atomic mass is 19.4. The lowest BCUT2D eigenvalue weighted by molar-refractivity contribution is -0.143. The van der Waals surface area contributed by atoms with Crippen molar-refractivity contribution in [3.05, 3.63) is 34.9 Å². The molecule has 0 amide bonds. The monoisotopic (exact) mass is 328 g/mol. The first kappa shape index (κ1) is 17.8. The van der Waals surface area contributed by atoms with E-state index >= 15 is 0 Å². The normalized spacial score (nSPS) is 15.3. The van der Waals surface area contributed by atoms with Crippen LogP contribution in [0.25, 0.3) is 0 Å². The number of ether oxygens (including phenoxy) is 1. The molecule has 1 aromatic rings. The molecule has 0 unspecified atom stereocenters. The van der Waals surface area contributed by atoms with Gasteiger partial charge in [-0.15, -0.1) is 0 Å². The Hall–Kier alpha value is -1.52. The van der Waals surface area contributed by atoms with Crippen LogP contribution >= 0.6 is 0 Å². The van der Waals surface area contributed by atoms with Gasteiger partial charge in [0.25, 0.3) is 0 Å². The molecule has 5 heteroatoms. The summed E-state index contributed by atoms with van der Waals surface area (Å²) in [5, 5.41) is 0. The number of carbonyl (C=O) groups excluding carboxylic acids is 1. The predicted octanol–water partition coefficient (Wildman–Crippen LogP) is 5.25. The zero-order valence-corrected chi connectivity index (χ0v) is 13.4. The van der Waals surface area contributed by atoms with Crippen molar-refractivity contribution in [2.45, 2.75) is 64.0 Å². The molecule has 0 atom stereocenters. The van der Waals surface area contributed by atoms with E-state index in [4.69, 9.17) is 4.74 Å². The molecule has 0 radical (unpaired) electrons. The van der Waals surface area contributed by atoms with Crippen LogP contribution in [0.5, 0.6) is 0 Å². The fraction of sp³-hybridized carbons (Fsp3) is 0.611. The van der Waals surface area contributed by atoms with Gasteiger partial charge in [-0.25, -0.2) is 0 Å². The lowest BCUT2D eigenvalue weighted by atomic mass is 9.77. The second kappa shape index (κ2) is 7.84. The van der Waals surface area contributed by atoms with Crippen molar-refractivity contribution in [2.75, 3.05) is 6.61 Å². The molecule has 1 fully saturated rings. The van der Waals surface area contributed by atoms with Gasteiger partial charge in [-0.1, -0.05) is 18.6 Å². The van der Waals surface area contributed by atoms with E-state index < -0.39 is 11.7 Å². The van der Waals surface area contributed by atoms with Crippen LogP contribution in [0.1, 0.15) is 68.1 Å². The average Bonchev–Trinajstić information content (AvgIpc) is 2.41. The first-order chi connectivity index (χ1) is 10.9. The van der Waals surface area contributed by atoms with Gasteiger partial charge in [0.2, 0.25) is 0 Å². The number of hydrogen-bond acceptors (Lipinski definition) is 2. The Morgan fingerprint density at radius 3 is 2.57 bits per heavy atom. The number of halogens is 3. The molecule has 0 aliphatic heterocycles. The molecule has 23 heavy (non-hydrogen) atoms. The average molecular weight is 328 g/mol. The molecule has 0 spiro atoms. The topological polar surface area (TPSA) is 26.3 Å². The zero-order chi connectivity index (χ0) is 16.9. The highest BCUT2D eigenvalue weighted by Gasteiger charge is 2.36. The van der Waals surface area contributed by atoms with E-state index in [0.717, 1.165) is 31.2 Å². The Balaban J connectivity index is 1.96. The minimum atomic E-state index is -4.28. The van der Waals surface area contributed by atoms with Gasteiger partial charge in [0.1, 0.15) is 0 Å². The highest BCUT2D eigenvalue weighted by Crippen LogP contribution is 2.43. The fourth-order valence-corrected chi connectivity index (χ4v) is 2.91. The lowest BCUT2D eigenvalue weighted by Gasteiger charge is -2.29. The number of esters is 1. The Bertz CT molecular complexity index is 534. The molecule has 0 saturated heterocycles. The van der Waals surface area contributed by atoms with Crippen molar-refractivity contribution < 1.29 is 22.7 Å². The second-order valence-corrected chi connectivity index (χ2v) is 6.06. The van der Waals surface area contributed by atoms with Crippen LogP contribution in [-0.4, -0.2) is 12.6 Å². The summed E-state index contributed by atoms with van der Waals surface area (Å²) in [6.07, 6.45) is 0.929. The van der Waals surface area contributed by atoms with Gasteiger partial charge in [0, 0.05) is 6.42 Å². The number of benzene rings is 1. The summed E-state index contributed by atoms with van der Waals surface area (Å²) in [5.41, 5.74) is 0.882. The molecular formula is C18H23F3O2. The summed E-state index contributed by atoms with van der Waals surface area (Å²) < 4.78 is 44.2. The van der Waals surface area contributed by atoms with Crippen molar-refractivity contribution in [1.29, 1.82) is 0 Å². The summed E-state index contributed by atoms with van der Waals surface area (Å²) in [6, 6.07) is 4.50. The Morgan fingerprint density at radius 2 is 2.00 bits per heavy atom. The van der Waals surface area contributed by atoms with Crippen LogP contribution in [0.3, 0.4) is 0 Å². The molecule has 0 bridgehead atoms. The molecule has 2 rings (SSSR count). The largest absolute Gasteiger partial charge is 0.466 e. The van der Waals surface area contributed by atoms with Crippen LogP contribution < -0.4 is 0 Å². The first-order valence-corrected chi connectivity index (χ1v) is 8.27. The van der Waals surface area contributed by atoms with Crippen molar-refractivity contribution in [2.24, 2.45) is 0 Å². The molecule has 1 saturated carbocycles. The molecule has 1 aliphatic rings. The lowest BCUT2D eigenvalue weighted by Crippen LogP contribution is -2.17. The molecule has 1 aromatic carbocycles. The molecule has 0 heterocycles. The number of alkyl halides is 3. The van der Waals surface area contributed by atoms with Crippen LogP contribution in [0.15, 0.2) is 18.2 Å². The van der Waals surface area contributed by atoms with Gasteiger partial charge in [0.15, 0.2) is 0 Å². The Labute approximate surface area is 135 Å². The van der Waals surface area contributed by atoms with Crippen molar-refractivity contribution in [3.8, 4) is 0 Å². The molecular weight excluding hydrogens is 305 g/mol. The van der Waals surface area contributed by atoms with Crippen molar-refractivity contribution in [3.63, 3.8) is 0 Å². The standard InChI is InChI=1S/C18H23F3O2/c1-2-23-17(22)9-4-3-6-13-10-11-16(18(19,20)21)15(12-13)14-7-5-8-14/h10-12,14H,2-9H2,1H3. The molecule has 1 aliphatic carbocycles. The summed E-state index contributed by atoms with van der Waals surface area (Å²) in [4.78, 5) is 11.3. The smallest absolute Gasteiger partial charge is 0.416 e. The summed E-state index contributed by atoms with van der Waals surface area (Å²) in [6.45, 7) is 2.14. The number of hydrogen-bond donors (Lipinski definition) is 0. The van der Waals surface area contributed by atoms with Crippen LogP contribution in [0, 0.1) is 0 Å². The Kier molecular flexibility index (Phi) is 6.08. The zero-order valence-electron chi connectivity index (χ0n) is 13.4. The number of aryl methyl sites for hydroxylation is 1. The van der Waals surface area contributed by atoms with Gasteiger partial charge >= 0.3 is 12.1 Å². The minimum absolute atomic E-state index is 0.0473. The third kappa shape index (κ3) is 4.98. The van der Waals surface area contributed by atoms with E-state index in [2.05, 4.69) is 0 Å². The first-order valence-electron chi connectivity index (χ1n) is 8.27. The van der Waals surface area contributed by atoms with E-state index in [1.165, 1.54) is 6.07 Å². The van der Waals surface area contributed by atoms with Gasteiger partial charge < -0.3 is 4.74 Å². The number of carbonyl (C=O) groups is 1. The van der Waals surface area contributed by atoms with Crippen LogP contribution in [0.4, 0.5) is 13.2 Å². The van der Waals surface area contributed by atoms with E-state index in [9.17, 15) is 18.0 Å². The number of unbranched alkanes of at least 4 members (excludes halogenated alkanes) is 1. The molecule has 2 nitrogen and oxygen atoms in total. The maximum absolute atomic E-state index is 13.1. The molecule has 0 N–H and O–H groups in total. The third-order valence-electron chi connectivity index (χ3n) is 4.37. The van der Waals surface area contributed by atoms with Crippen molar-refractivity contribution >= 4 is 5.97 Å². The van der Waals surface area contributed by atoms with Gasteiger partial charge in [-0.2, -0.15) is 13.2 Å². The molecule has 128 valence electrons. The summed E-state index contributed by atoms with van der Waals surface area (Å²) in [5.74, 6) is -0.166.